The summed E-state index contributed by atoms with van der Waals surface area (Å²) in [6.45, 7) is 1.69. The maximum atomic E-state index is 14.6. The maximum Gasteiger partial charge on any atom is 0.274 e. The summed E-state index contributed by atoms with van der Waals surface area (Å²) in [6.07, 6.45) is -2.75. The van der Waals surface area contributed by atoms with Gasteiger partial charge in [0.1, 0.15) is 12.0 Å². The number of rotatable bonds is 5. The summed E-state index contributed by atoms with van der Waals surface area (Å²) in [7, 11) is 1.39. The van der Waals surface area contributed by atoms with Crippen molar-refractivity contribution < 1.29 is 22.3 Å². The summed E-state index contributed by atoms with van der Waals surface area (Å²) in [4.78, 5) is 25.3. The van der Waals surface area contributed by atoms with E-state index in [0.29, 0.717) is 0 Å². The largest absolute Gasteiger partial charge is 0.378 e. The molecule has 3 aromatic rings. The standard InChI is InChI=1S/C22H22F4N4O3/c1-11(12-4-3-5-13(19(12)24)20(25)26)27-21-15-9-30(17-6-7-33-10-16(17)23)18(31)8-14(15)22(32)29(2)28-21/h3-5,8-9,11,16-17,20H,6-7,10H2,1-2H3,(H,27,28)/t11-,16+,17+/m1/s1. The summed E-state index contributed by atoms with van der Waals surface area (Å²) in [5, 5.41) is 7.40. The van der Waals surface area contributed by atoms with E-state index in [1.165, 1.54) is 29.9 Å². The van der Waals surface area contributed by atoms with Crippen LogP contribution in [0.3, 0.4) is 0 Å². The fraction of sp³-hybridized carbons (Fsp3) is 0.409. The van der Waals surface area contributed by atoms with Crippen LogP contribution in [0.2, 0.25) is 0 Å². The minimum absolute atomic E-state index is 0.0156. The van der Waals surface area contributed by atoms with E-state index in [1.54, 1.807) is 6.92 Å². The summed E-state index contributed by atoms with van der Waals surface area (Å²) in [5.41, 5.74) is -1.82. The first-order valence-corrected chi connectivity index (χ1v) is 10.4. The van der Waals surface area contributed by atoms with Crippen LogP contribution in [0, 0.1) is 5.82 Å². The van der Waals surface area contributed by atoms with Gasteiger partial charge in [0.15, 0.2) is 5.82 Å². The quantitative estimate of drug-likeness (QED) is 0.581. The fourth-order valence-electron chi connectivity index (χ4n) is 4.06. The van der Waals surface area contributed by atoms with Crippen LogP contribution in [0.25, 0.3) is 10.8 Å². The number of fused-ring (bicyclic) bond motifs is 1. The lowest BCUT2D eigenvalue weighted by Crippen LogP contribution is -2.37. The number of aryl methyl sites for hydroxylation is 1. The Morgan fingerprint density at radius 1 is 1.21 bits per heavy atom. The average molecular weight is 466 g/mol. The molecule has 0 saturated carbocycles. The Kier molecular flexibility index (Phi) is 6.24. The molecule has 0 radical (unpaired) electrons. The first-order chi connectivity index (χ1) is 15.7. The molecule has 33 heavy (non-hydrogen) atoms. The summed E-state index contributed by atoms with van der Waals surface area (Å²) in [5.74, 6) is -0.918. The molecule has 0 amide bonds. The summed E-state index contributed by atoms with van der Waals surface area (Å²) >= 11 is 0. The van der Waals surface area contributed by atoms with E-state index in [0.717, 1.165) is 16.8 Å². The van der Waals surface area contributed by atoms with Crippen LogP contribution in [0.4, 0.5) is 23.4 Å². The van der Waals surface area contributed by atoms with Crippen LogP contribution in [-0.2, 0) is 11.8 Å². The monoisotopic (exact) mass is 466 g/mol. The molecule has 7 nitrogen and oxygen atoms in total. The number of ether oxygens (including phenoxy) is 1. The molecule has 11 heteroatoms. The van der Waals surface area contributed by atoms with E-state index in [9.17, 15) is 27.2 Å². The normalized spacial score (nSPS) is 19.7. The van der Waals surface area contributed by atoms with Gasteiger partial charge in [-0.05, 0) is 13.3 Å². The van der Waals surface area contributed by atoms with Gasteiger partial charge in [-0.1, -0.05) is 18.2 Å². The third kappa shape index (κ3) is 4.24. The molecule has 1 aromatic carbocycles. The van der Waals surface area contributed by atoms with Gasteiger partial charge in [0.05, 0.1) is 29.6 Å². The minimum atomic E-state index is -2.98. The second-order valence-electron chi connectivity index (χ2n) is 7.99. The molecule has 1 aliphatic heterocycles. The number of benzene rings is 1. The Balaban J connectivity index is 1.81. The topological polar surface area (TPSA) is 78.2 Å². The zero-order valence-corrected chi connectivity index (χ0v) is 17.9. The van der Waals surface area contributed by atoms with Crippen molar-refractivity contribution in [2.75, 3.05) is 18.5 Å². The highest BCUT2D eigenvalue weighted by molar-refractivity contribution is 5.90. The molecular formula is C22H22F4N4O3. The molecular weight excluding hydrogens is 444 g/mol. The minimum Gasteiger partial charge on any atom is -0.378 e. The highest BCUT2D eigenvalue weighted by Crippen LogP contribution is 2.30. The van der Waals surface area contributed by atoms with Crippen molar-refractivity contribution in [3.63, 3.8) is 0 Å². The third-order valence-electron chi connectivity index (χ3n) is 5.83. The SMILES string of the molecule is C[C@@H](Nc1nn(C)c(=O)c2cc(=O)n([C@H]3CCOC[C@@H]3F)cc12)c1cccc(C(F)F)c1F. The molecule has 1 aliphatic rings. The molecule has 3 heterocycles. The van der Waals surface area contributed by atoms with Crippen LogP contribution >= 0.6 is 0 Å². The Morgan fingerprint density at radius 2 is 1.94 bits per heavy atom. The average Bonchev–Trinajstić information content (AvgIpc) is 2.77. The number of aromatic nitrogens is 3. The lowest BCUT2D eigenvalue weighted by atomic mass is 10.0. The molecule has 2 aromatic heterocycles. The molecule has 0 aliphatic carbocycles. The molecule has 3 atom stereocenters. The molecule has 176 valence electrons. The fourth-order valence-corrected chi connectivity index (χ4v) is 4.06. The first-order valence-electron chi connectivity index (χ1n) is 10.4. The Bertz CT molecular complexity index is 1310. The van der Waals surface area contributed by atoms with Crippen molar-refractivity contribution in [1.29, 1.82) is 0 Å². The molecule has 0 spiro atoms. The van der Waals surface area contributed by atoms with Gasteiger partial charge in [0, 0.05) is 36.9 Å². The number of hydrogen-bond acceptors (Lipinski definition) is 5. The highest BCUT2D eigenvalue weighted by atomic mass is 19.3. The van der Waals surface area contributed by atoms with Crippen molar-refractivity contribution in [3.05, 3.63) is 68.1 Å². The number of hydrogen-bond donors (Lipinski definition) is 1. The van der Waals surface area contributed by atoms with E-state index in [4.69, 9.17) is 4.74 Å². The van der Waals surface area contributed by atoms with Crippen molar-refractivity contribution in [2.45, 2.75) is 38.0 Å². The molecule has 1 saturated heterocycles. The summed E-state index contributed by atoms with van der Waals surface area (Å²) < 4.78 is 62.6. The van der Waals surface area contributed by atoms with Gasteiger partial charge in [0.2, 0.25) is 0 Å². The molecule has 0 bridgehead atoms. The number of nitrogens with one attached hydrogen (secondary N) is 1. The van der Waals surface area contributed by atoms with Gasteiger partial charge in [-0.2, -0.15) is 5.10 Å². The first kappa shape index (κ1) is 23.0. The Labute approximate surface area is 185 Å². The van der Waals surface area contributed by atoms with Gasteiger partial charge in [0.25, 0.3) is 17.5 Å². The van der Waals surface area contributed by atoms with E-state index in [2.05, 4.69) is 10.4 Å². The molecule has 1 fully saturated rings. The van der Waals surface area contributed by atoms with Crippen LogP contribution in [0.5, 0.6) is 0 Å². The van der Waals surface area contributed by atoms with Crippen molar-refractivity contribution in [3.8, 4) is 0 Å². The van der Waals surface area contributed by atoms with Gasteiger partial charge < -0.3 is 14.6 Å². The van der Waals surface area contributed by atoms with E-state index < -0.39 is 47.2 Å². The Morgan fingerprint density at radius 3 is 2.64 bits per heavy atom. The number of alkyl halides is 3. The molecule has 4 rings (SSSR count). The highest BCUT2D eigenvalue weighted by Gasteiger charge is 2.28. The number of anilines is 1. The predicted octanol–water partition coefficient (Wildman–Crippen LogP) is 3.64. The number of pyridine rings is 1. The number of halogens is 4. The zero-order chi connectivity index (χ0) is 23.9. The van der Waals surface area contributed by atoms with Crippen LogP contribution in [-0.4, -0.2) is 33.7 Å². The Hall–Kier alpha value is -3.21. The van der Waals surface area contributed by atoms with E-state index in [1.807, 2.05) is 0 Å². The summed E-state index contributed by atoms with van der Waals surface area (Å²) in [6, 6.07) is 3.24. The molecule has 0 unspecified atom stereocenters. The van der Waals surface area contributed by atoms with Crippen molar-refractivity contribution >= 4 is 16.6 Å². The lowest BCUT2D eigenvalue weighted by molar-refractivity contribution is 0.00247. The maximum absolute atomic E-state index is 14.6. The second kappa shape index (κ2) is 8.97. The number of nitrogens with zero attached hydrogens (tertiary/aromatic N) is 3. The van der Waals surface area contributed by atoms with Crippen molar-refractivity contribution in [2.24, 2.45) is 7.05 Å². The third-order valence-corrected chi connectivity index (χ3v) is 5.83. The van der Waals surface area contributed by atoms with E-state index >= 15 is 0 Å². The zero-order valence-electron chi connectivity index (χ0n) is 17.9. The van der Waals surface area contributed by atoms with Crippen LogP contribution in [0.15, 0.2) is 40.1 Å². The smallest absolute Gasteiger partial charge is 0.274 e. The van der Waals surface area contributed by atoms with Gasteiger partial charge >= 0.3 is 0 Å². The van der Waals surface area contributed by atoms with Gasteiger partial charge in [-0.15, -0.1) is 0 Å². The van der Waals surface area contributed by atoms with Gasteiger partial charge in [-0.3, -0.25) is 9.59 Å². The predicted molar refractivity (Wildman–Crippen MR) is 114 cm³/mol. The lowest BCUT2D eigenvalue weighted by Gasteiger charge is -2.28. The van der Waals surface area contributed by atoms with Gasteiger partial charge in [-0.25, -0.2) is 22.2 Å². The van der Waals surface area contributed by atoms with Crippen molar-refractivity contribution in [1.82, 2.24) is 14.3 Å². The second-order valence-corrected chi connectivity index (χ2v) is 7.99. The van der Waals surface area contributed by atoms with E-state index in [-0.39, 0.29) is 41.8 Å². The van der Waals surface area contributed by atoms with Crippen LogP contribution < -0.4 is 16.4 Å². The van der Waals surface area contributed by atoms with Crippen LogP contribution in [0.1, 0.15) is 43.0 Å². The molecule has 1 N–H and O–H groups in total.